The standard InChI is InChI=1S/C28H33F4N3O2/c1-17-13-34(14-18(2)35(17)21-4-6-25(30)27(32)12-21)28(36)24-16-33(20-7-9-37-10-8-20)15-23(24)22-5-3-19(29)11-26(22)31/h3-6,11-12,17-18,20,23-24H,7-10,13-16H2,1-2H3/t17-,18+,23-,24+/m1/s1. The van der Waals surface area contributed by atoms with Crippen molar-refractivity contribution in [2.75, 3.05) is 44.3 Å². The van der Waals surface area contributed by atoms with Crippen molar-refractivity contribution in [1.29, 1.82) is 0 Å². The normalized spacial score (nSPS) is 27.6. The molecule has 4 atom stereocenters. The van der Waals surface area contributed by atoms with Gasteiger partial charge in [-0.3, -0.25) is 9.69 Å². The van der Waals surface area contributed by atoms with Crippen molar-refractivity contribution in [1.82, 2.24) is 9.80 Å². The highest BCUT2D eigenvalue weighted by molar-refractivity contribution is 5.81. The Morgan fingerprint density at radius 1 is 0.838 bits per heavy atom. The highest BCUT2D eigenvalue weighted by atomic mass is 19.2. The molecule has 200 valence electrons. The van der Waals surface area contributed by atoms with Crippen LogP contribution in [0, 0.1) is 29.2 Å². The molecule has 0 aliphatic carbocycles. The van der Waals surface area contributed by atoms with Crippen molar-refractivity contribution in [3.05, 3.63) is 65.2 Å². The molecular formula is C28H33F4N3O2. The van der Waals surface area contributed by atoms with Crippen LogP contribution in [0.3, 0.4) is 0 Å². The van der Waals surface area contributed by atoms with Gasteiger partial charge in [0.1, 0.15) is 11.6 Å². The lowest BCUT2D eigenvalue weighted by Gasteiger charge is -2.46. The summed E-state index contributed by atoms with van der Waals surface area (Å²) in [5, 5.41) is 0. The molecule has 3 heterocycles. The first kappa shape index (κ1) is 26.0. The monoisotopic (exact) mass is 519 g/mol. The van der Waals surface area contributed by atoms with E-state index in [-0.39, 0.29) is 30.0 Å². The number of carbonyl (C=O) groups excluding carboxylic acids is 1. The molecule has 0 spiro atoms. The summed E-state index contributed by atoms with van der Waals surface area (Å²) >= 11 is 0. The predicted octanol–water partition coefficient (Wildman–Crippen LogP) is 4.56. The van der Waals surface area contributed by atoms with Gasteiger partial charge in [-0.05, 0) is 50.5 Å². The molecule has 0 bridgehead atoms. The van der Waals surface area contributed by atoms with Crippen LogP contribution < -0.4 is 4.90 Å². The molecule has 0 radical (unpaired) electrons. The van der Waals surface area contributed by atoms with Crippen LogP contribution >= 0.6 is 0 Å². The summed E-state index contributed by atoms with van der Waals surface area (Å²) < 4.78 is 61.5. The first-order valence-electron chi connectivity index (χ1n) is 13.0. The van der Waals surface area contributed by atoms with Crippen LogP contribution in [0.1, 0.15) is 38.2 Å². The molecule has 3 aliphatic rings. The van der Waals surface area contributed by atoms with Crippen LogP contribution in [0.4, 0.5) is 23.2 Å². The largest absolute Gasteiger partial charge is 0.381 e. The second-order valence-corrected chi connectivity index (χ2v) is 10.6. The molecule has 5 nitrogen and oxygen atoms in total. The molecule has 3 saturated heterocycles. The van der Waals surface area contributed by atoms with Crippen molar-refractivity contribution >= 4 is 11.6 Å². The molecule has 0 saturated carbocycles. The molecule has 37 heavy (non-hydrogen) atoms. The summed E-state index contributed by atoms with van der Waals surface area (Å²) in [5.41, 5.74) is 0.944. The van der Waals surface area contributed by atoms with E-state index in [0.29, 0.717) is 50.6 Å². The van der Waals surface area contributed by atoms with Crippen molar-refractivity contribution in [3.63, 3.8) is 0 Å². The van der Waals surface area contributed by atoms with Crippen LogP contribution in [0.2, 0.25) is 0 Å². The number of carbonyl (C=O) groups is 1. The Morgan fingerprint density at radius 3 is 2.19 bits per heavy atom. The Hall–Kier alpha value is -2.65. The molecule has 0 aromatic heterocycles. The van der Waals surface area contributed by atoms with Gasteiger partial charge in [-0.15, -0.1) is 0 Å². The number of hydrogen-bond donors (Lipinski definition) is 0. The Morgan fingerprint density at radius 2 is 1.54 bits per heavy atom. The molecule has 2 aromatic carbocycles. The van der Waals surface area contributed by atoms with E-state index < -0.39 is 29.2 Å². The number of ether oxygens (including phenoxy) is 1. The Labute approximate surface area is 215 Å². The zero-order valence-corrected chi connectivity index (χ0v) is 21.2. The smallest absolute Gasteiger partial charge is 0.227 e. The van der Waals surface area contributed by atoms with Gasteiger partial charge in [0, 0.05) is 81.3 Å². The second kappa shape index (κ2) is 10.6. The number of likely N-dealkylation sites (tertiary alicyclic amines) is 1. The number of hydrogen-bond acceptors (Lipinski definition) is 4. The van der Waals surface area contributed by atoms with Gasteiger partial charge in [0.05, 0.1) is 5.92 Å². The Bertz CT molecular complexity index is 1130. The summed E-state index contributed by atoms with van der Waals surface area (Å²) in [7, 11) is 0. The van der Waals surface area contributed by atoms with E-state index in [1.807, 2.05) is 23.6 Å². The molecule has 1 amide bonds. The first-order valence-corrected chi connectivity index (χ1v) is 13.0. The third-order valence-electron chi connectivity index (χ3n) is 8.17. The van der Waals surface area contributed by atoms with Gasteiger partial charge < -0.3 is 14.5 Å². The van der Waals surface area contributed by atoms with Crippen LogP contribution in [0.5, 0.6) is 0 Å². The van der Waals surface area contributed by atoms with Crippen LogP contribution in [0.25, 0.3) is 0 Å². The maximum Gasteiger partial charge on any atom is 0.227 e. The van der Waals surface area contributed by atoms with E-state index in [4.69, 9.17) is 4.74 Å². The fraction of sp³-hybridized carbons (Fsp3) is 0.536. The number of amides is 1. The SMILES string of the molecule is C[C@@H]1CN(C(=O)[C@H]2CN(C3CCOCC3)C[C@@H]2c2ccc(F)cc2F)C[C@H](C)N1c1ccc(F)c(F)c1. The van der Waals surface area contributed by atoms with E-state index in [1.54, 1.807) is 6.07 Å². The van der Waals surface area contributed by atoms with Crippen molar-refractivity contribution in [3.8, 4) is 0 Å². The Balaban J connectivity index is 1.37. The van der Waals surface area contributed by atoms with E-state index in [9.17, 15) is 22.4 Å². The second-order valence-electron chi connectivity index (χ2n) is 10.6. The summed E-state index contributed by atoms with van der Waals surface area (Å²) in [4.78, 5) is 20.1. The fourth-order valence-electron chi connectivity index (χ4n) is 6.44. The summed E-state index contributed by atoms with van der Waals surface area (Å²) in [6.45, 7) is 7.10. The van der Waals surface area contributed by atoms with Gasteiger partial charge in [0.15, 0.2) is 11.6 Å². The number of benzene rings is 2. The first-order chi connectivity index (χ1) is 17.7. The average molecular weight is 520 g/mol. The maximum absolute atomic E-state index is 14.9. The zero-order chi connectivity index (χ0) is 26.3. The van der Waals surface area contributed by atoms with Gasteiger partial charge in [-0.1, -0.05) is 6.07 Å². The lowest BCUT2D eigenvalue weighted by Crippen LogP contribution is -2.59. The van der Waals surface area contributed by atoms with E-state index in [0.717, 1.165) is 25.0 Å². The minimum absolute atomic E-state index is 0.0491. The van der Waals surface area contributed by atoms with Crippen LogP contribution in [-0.4, -0.2) is 73.2 Å². The predicted molar refractivity (Wildman–Crippen MR) is 132 cm³/mol. The highest BCUT2D eigenvalue weighted by Gasteiger charge is 2.45. The molecule has 5 rings (SSSR count). The zero-order valence-electron chi connectivity index (χ0n) is 21.2. The van der Waals surface area contributed by atoms with Gasteiger partial charge in [-0.25, -0.2) is 17.6 Å². The molecule has 0 unspecified atom stereocenters. The average Bonchev–Trinajstić information content (AvgIpc) is 3.31. The molecule has 9 heteroatoms. The number of anilines is 1. The van der Waals surface area contributed by atoms with E-state index in [1.165, 1.54) is 18.2 Å². The molecule has 2 aromatic rings. The molecule has 3 aliphatic heterocycles. The maximum atomic E-state index is 14.9. The Kier molecular flexibility index (Phi) is 7.45. The number of piperazine rings is 1. The third-order valence-corrected chi connectivity index (χ3v) is 8.17. The summed E-state index contributed by atoms with van der Waals surface area (Å²) in [5.74, 6) is -3.96. The van der Waals surface area contributed by atoms with E-state index in [2.05, 4.69) is 4.90 Å². The van der Waals surface area contributed by atoms with Gasteiger partial charge in [0.2, 0.25) is 5.91 Å². The summed E-state index contributed by atoms with van der Waals surface area (Å²) in [6.07, 6.45) is 1.72. The fourth-order valence-corrected chi connectivity index (χ4v) is 6.44. The van der Waals surface area contributed by atoms with Gasteiger partial charge in [0.25, 0.3) is 0 Å². The molecular weight excluding hydrogens is 486 g/mol. The molecule has 0 N–H and O–H groups in total. The summed E-state index contributed by atoms with van der Waals surface area (Å²) in [6, 6.07) is 7.47. The number of rotatable bonds is 4. The van der Waals surface area contributed by atoms with Crippen molar-refractivity contribution in [2.45, 2.75) is 50.7 Å². The number of halogens is 4. The lowest BCUT2D eigenvalue weighted by molar-refractivity contribution is -0.137. The van der Waals surface area contributed by atoms with Gasteiger partial charge >= 0.3 is 0 Å². The van der Waals surface area contributed by atoms with Crippen LogP contribution in [0.15, 0.2) is 36.4 Å². The lowest BCUT2D eigenvalue weighted by atomic mass is 9.87. The number of nitrogens with zero attached hydrogens (tertiary/aromatic N) is 3. The molecule has 3 fully saturated rings. The minimum atomic E-state index is -0.904. The van der Waals surface area contributed by atoms with Crippen molar-refractivity contribution < 1.29 is 27.1 Å². The van der Waals surface area contributed by atoms with Gasteiger partial charge in [-0.2, -0.15) is 0 Å². The van der Waals surface area contributed by atoms with E-state index >= 15 is 0 Å². The minimum Gasteiger partial charge on any atom is -0.381 e. The third kappa shape index (κ3) is 5.21. The topological polar surface area (TPSA) is 36.0 Å². The quantitative estimate of drug-likeness (QED) is 0.555. The van der Waals surface area contributed by atoms with Crippen LogP contribution in [-0.2, 0) is 9.53 Å². The van der Waals surface area contributed by atoms with Crippen molar-refractivity contribution in [2.24, 2.45) is 5.92 Å². The highest BCUT2D eigenvalue weighted by Crippen LogP contribution is 2.38.